The molecule has 3 nitrogen and oxygen atoms in total. The normalized spacial score (nSPS) is 12.5. The van der Waals surface area contributed by atoms with Crippen LogP contribution in [0.2, 0.25) is 0 Å². The number of pyridine rings is 1. The van der Waals surface area contributed by atoms with Gasteiger partial charge in [-0.05, 0) is 18.5 Å². The van der Waals surface area contributed by atoms with Gasteiger partial charge in [0.2, 0.25) is 0 Å². The zero-order valence-electron chi connectivity index (χ0n) is 11.5. The van der Waals surface area contributed by atoms with Gasteiger partial charge >= 0.3 is 0 Å². The second-order valence-electron chi connectivity index (χ2n) is 4.66. The lowest BCUT2D eigenvalue weighted by Crippen LogP contribution is -2.26. The van der Waals surface area contributed by atoms with Crippen molar-refractivity contribution in [3.8, 4) is 0 Å². The van der Waals surface area contributed by atoms with E-state index in [-0.39, 0.29) is 0 Å². The van der Waals surface area contributed by atoms with Crippen LogP contribution in [0.3, 0.4) is 0 Å². The molecule has 0 aliphatic heterocycles. The van der Waals surface area contributed by atoms with Crippen LogP contribution in [-0.4, -0.2) is 25.1 Å². The Balaban J connectivity index is 2.73. The molecule has 1 unspecified atom stereocenters. The predicted octanol–water partition coefficient (Wildman–Crippen LogP) is 2.67. The molecule has 0 fully saturated rings. The van der Waals surface area contributed by atoms with E-state index in [2.05, 4.69) is 49.1 Å². The molecule has 96 valence electrons. The highest BCUT2D eigenvalue weighted by atomic mass is 15.2. The molecule has 1 aromatic rings. The zero-order valence-corrected chi connectivity index (χ0v) is 11.5. The lowest BCUT2D eigenvalue weighted by atomic mass is 10.1. The second-order valence-corrected chi connectivity index (χ2v) is 4.66. The summed E-state index contributed by atoms with van der Waals surface area (Å²) in [7, 11) is 2.13. The summed E-state index contributed by atoms with van der Waals surface area (Å²) < 4.78 is 0. The predicted molar refractivity (Wildman–Crippen MR) is 74.3 cm³/mol. The molecule has 1 aromatic heterocycles. The summed E-state index contributed by atoms with van der Waals surface area (Å²) in [6.45, 7) is 9.58. The van der Waals surface area contributed by atoms with Gasteiger partial charge in [0.05, 0.1) is 0 Å². The lowest BCUT2D eigenvalue weighted by molar-refractivity contribution is 0.556. The first kappa shape index (κ1) is 14.0. The second kappa shape index (κ2) is 7.28. The van der Waals surface area contributed by atoms with Gasteiger partial charge in [0.1, 0.15) is 5.82 Å². The van der Waals surface area contributed by atoms with Gasteiger partial charge in [0.15, 0.2) is 0 Å². The Morgan fingerprint density at radius 3 is 2.82 bits per heavy atom. The van der Waals surface area contributed by atoms with Crippen LogP contribution in [0.15, 0.2) is 18.3 Å². The standard InChI is InChI=1S/C14H25N3/c1-5-12(3)11-17(4)14-13(10-15-6-2)8-7-9-16-14/h7-9,12,15H,5-6,10-11H2,1-4H3. The van der Waals surface area contributed by atoms with Crippen LogP contribution in [0.1, 0.15) is 32.8 Å². The van der Waals surface area contributed by atoms with Gasteiger partial charge < -0.3 is 10.2 Å². The summed E-state index contributed by atoms with van der Waals surface area (Å²) in [6, 6.07) is 4.16. The van der Waals surface area contributed by atoms with Crippen LogP contribution < -0.4 is 10.2 Å². The number of hydrogen-bond acceptors (Lipinski definition) is 3. The van der Waals surface area contributed by atoms with Crippen molar-refractivity contribution in [2.24, 2.45) is 5.92 Å². The van der Waals surface area contributed by atoms with Crippen molar-refractivity contribution in [2.75, 3.05) is 25.0 Å². The van der Waals surface area contributed by atoms with Crippen LogP contribution in [-0.2, 0) is 6.54 Å². The fraction of sp³-hybridized carbons (Fsp3) is 0.643. The molecule has 0 aliphatic carbocycles. The highest BCUT2D eigenvalue weighted by molar-refractivity contribution is 5.45. The van der Waals surface area contributed by atoms with E-state index in [1.54, 1.807) is 0 Å². The molecule has 1 heterocycles. The summed E-state index contributed by atoms with van der Waals surface area (Å²) in [4.78, 5) is 6.77. The van der Waals surface area contributed by atoms with Gasteiger partial charge in [-0.2, -0.15) is 0 Å². The third-order valence-corrected chi connectivity index (χ3v) is 3.08. The molecule has 1 rings (SSSR count). The van der Waals surface area contributed by atoms with Crippen LogP contribution in [0.5, 0.6) is 0 Å². The molecule has 3 heteroatoms. The van der Waals surface area contributed by atoms with Crippen molar-refractivity contribution in [2.45, 2.75) is 33.7 Å². The van der Waals surface area contributed by atoms with Gasteiger partial charge in [-0.3, -0.25) is 0 Å². The third-order valence-electron chi connectivity index (χ3n) is 3.08. The van der Waals surface area contributed by atoms with E-state index in [1.807, 2.05) is 12.3 Å². The van der Waals surface area contributed by atoms with Gasteiger partial charge in [-0.15, -0.1) is 0 Å². The minimum absolute atomic E-state index is 0.703. The van der Waals surface area contributed by atoms with Gasteiger partial charge in [0, 0.05) is 31.9 Å². The topological polar surface area (TPSA) is 28.2 Å². The maximum absolute atomic E-state index is 4.50. The number of anilines is 1. The first-order chi connectivity index (χ1) is 8.19. The molecule has 0 saturated carbocycles. The molecule has 0 radical (unpaired) electrons. The van der Waals surface area contributed by atoms with Crippen molar-refractivity contribution in [1.29, 1.82) is 0 Å². The summed E-state index contributed by atoms with van der Waals surface area (Å²) in [6.07, 6.45) is 3.08. The number of hydrogen-bond donors (Lipinski definition) is 1. The van der Waals surface area contributed by atoms with Crippen LogP contribution >= 0.6 is 0 Å². The monoisotopic (exact) mass is 235 g/mol. The van der Waals surface area contributed by atoms with Crippen LogP contribution in [0, 0.1) is 5.92 Å². The van der Waals surface area contributed by atoms with E-state index < -0.39 is 0 Å². The Bertz CT molecular complexity index is 325. The summed E-state index contributed by atoms with van der Waals surface area (Å²) >= 11 is 0. The van der Waals surface area contributed by atoms with Crippen molar-refractivity contribution in [1.82, 2.24) is 10.3 Å². The molecular weight excluding hydrogens is 210 g/mol. The molecule has 0 saturated heterocycles. The van der Waals surface area contributed by atoms with E-state index in [9.17, 15) is 0 Å². The number of aromatic nitrogens is 1. The average molecular weight is 235 g/mol. The van der Waals surface area contributed by atoms with Gasteiger partial charge in [0.25, 0.3) is 0 Å². The van der Waals surface area contributed by atoms with Crippen molar-refractivity contribution >= 4 is 5.82 Å². The molecule has 0 spiro atoms. The van der Waals surface area contributed by atoms with Crippen molar-refractivity contribution < 1.29 is 0 Å². The smallest absolute Gasteiger partial charge is 0.132 e. The Kier molecular flexibility index (Phi) is 5.98. The van der Waals surface area contributed by atoms with Crippen molar-refractivity contribution in [3.63, 3.8) is 0 Å². The van der Waals surface area contributed by atoms with Gasteiger partial charge in [-0.25, -0.2) is 4.98 Å². The molecule has 0 bridgehead atoms. The lowest BCUT2D eigenvalue weighted by Gasteiger charge is -2.24. The van der Waals surface area contributed by atoms with Gasteiger partial charge in [-0.1, -0.05) is 33.3 Å². The summed E-state index contributed by atoms with van der Waals surface area (Å²) in [5.41, 5.74) is 1.28. The zero-order chi connectivity index (χ0) is 12.7. The molecule has 0 amide bonds. The maximum Gasteiger partial charge on any atom is 0.132 e. The number of nitrogens with zero attached hydrogens (tertiary/aromatic N) is 2. The van der Waals surface area contributed by atoms with E-state index in [0.29, 0.717) is 5.92 Å². The Labute approximate surface area is 105 Å². The largest absolute Gasteiger partial charge is 0.359 e. The fourth-order valence-corrected chi connectivity index (χ4v) is 1.85. The Morgan fingerprint density at radius 1 is 1.41 bits per heavy atom. The molecule has 17 heavy (non-hydrogen) atoms. The molecule has 0 aromatic carbocycles. The molecular formula is C14H25N3. The quantitative estimate of drug-likeness (QED) is 0.787. The third kappa shape index (κ3) is 4.35. The SMILES string of the molecule is CCNCc1cccnc1N(C)CC(C)CC. The molecule has 1 N–H and O–H groups in total. The Morgan fingerprint density at radius 2 is 2.18 bits per heavy atom. The Hall–Kier alpha value is -1.09. The van der Waals surface area contributed by atoms with E-state index in [4.69, 9.17) is 0 Å². The highest BCUT2D eigenvalue weighted by Gasteiger charge is 2.10. The van der Waals surface area contributed by atoms with Crippen LogP contribution in [0.4, 0.5) is 5.82 Å². The van der Waals surface area contributed by atoms with E-state index in [1.165, 1.54) is 12.0 Å². The van der Waals surface area contributed by atoms with E-state index >= 15 is 0 Å². The molecule has 0 aliphatic rings. The van der Waals surface area contributed by atoms with Crippen molar-refractivity contribution in [3.05, 3.63) is 23.9 Å². The first-order valence-corrected chi connectivity index (χ1v) is 6.54. The average Bonchev–Trinajstić information content (AvgIpc) is 2.36. The fourth-order valence-electron chi connectivity index (χ4n) is 1.85. The minimum Gasteiger partial charge on any atom is -0.359 e. The molecule has 1 atom stereocenters. The van der Waals surface area contributed by atoms with Crippen LogP contribution in [0.25, 0.3) is 0 Å². The number of rotatable bonds is 7. The summed E-state index contributed by atoms with van der Waals surface area (Å²) in [5, 5.41) is 3.36. The summed E-state index contributed by atoms with van der Waals surface area (Å²) in [5.74, 6) is 1.81. The first-order valence-electron chi connectivity index (χ1n) is 6.54. The highest BCUT2D eigenvalue weighted by Crippen LogP contribution is 2.17. The maximum atomic E-state index is 4.50. The number of nitrogens with one attached hydrogen (secondary N) is 1. The minimum atomic E-state index is 0.703. The van der Waals surface area contributed by atoms with E-state index in [0.717, 1.165) is 25.5 Å².